The summed E-state index contributed by atoms with van der Waals surface area (Å²) in [6, 6.07) is 9.88. The van der Waals surface area contributed by atoms with Crippen LogP contribution in [0.2, 0.25) is 0 Å². The van der Waals surface area contributed by atoms with Gasteiger partial charge < -0.3 is 0 Å². The summed E-state index contributed by atoms with van der Waals surface area (Å²) >= 11 is 0. The van der Waals surface area contributed by atoms with Crippen molar-refractivity contribution in [3.05, 3.63) is 52.8 Å². The Morgan fingerprint density at radius 1 is 1.31 bits per heavy atom. The molecule has 2 rings (SSSR count). The number of nitriles is 1. The van der Waals surface area contributed by atoms with E-state index < -0.39 is 0 Å². The first-order valence-corrected chi connectivity index (χ1v) is 5.19. The summed E-state index contributed by atoms with van der Waals surface area (Å²) in [5.74, 6) is 0. The van der Waals surface area contributed by atoms with E-state index in [0.717, 1.165) is 17.8 Å². The van der Waals surface area contributed by atoms with Gasteiger partial charge in [-0.25, -0.2) is 0 Å². The molecule has 0 atom stereocenters. The fraction of sp³-hybridized carbons (Fsp3) is 0.231. The van der Waals surface area contributed by atoms with Gasteiger partial charge in [-0.15, -0.1) is 0 Å². The average molecular weight is 211 g/mol. The summed E-state index contributed by atoms with van der Waals surface area (Å²) in [6.07, 6.45) is 1.80. The van der Waals surface area contributed by atoms with Gasteiger partial charge in [-0.3, -0.25) is 4.68 Å². The molecule has 1 heterocycles. The Balaban J connectivity index is 2.30. The molecule has 0 aliphatic rings. The molecular formula is C13H13N3. The highest BCUT2D eigenvalue weighted by Crippen LogP contribution is 2.12. The zero-order chi connectivity index (χ0) is 11.5. The van der Waals surface area contributed by atoms with E-state index in [4.69, 9.17) is 5.26 Å². The van der Waals surface area contributed by atoms with E-state index in [0.29, 0.717) is 5.56 Å². The smallest absolute Gasteiger partial charge is 0.0991 e. The highest BCUT2D eigenvalue weighted by atomic mass is 15.3. The molecule has 0 fully saturated rings. The maximum Gasteiger partial charge on any atom is 0.0991 e. The summed E-state index contributed by atoms with van der Waals surface area (Å²) in [5.41, 5.74) is 4.18. The molecule has 1 aromatic carbocycles. The van der Waals surface area contributed by atoms with E-state index in [1.165, 1.54) is 5.56 Å². The first kappa shape index (κ1) is 10.4. The second-order valence-electron chi connectivity index (χ2n) is 3.88. The minimum absolute atomic E-state index is 0.707. The predicted octanol–water partition coefficient (Wildman–Crippen LogP) is 2.42. The zero-order valence-electron chi connectivity index (χ0n) is 9.44. The third-order valence-electron chi connectivity index (χ3n) is 2.72. The van der Waals surface area contributed by atoms with Crippen LogP contribution >= 0.6 is 0 Å². The standard InChI is InChI=1S/C13H13N3/c1-10-7-12(8-14)3-4-13(10)9-16-11(2)5-6-15-16/h3-7H,9H2,1-2H3. The summed E-state index contributed by atoms with van der Waals surface area (Å²) in [6.45, 7) is 4.82. The van der Waals surface area contributed by atoms with Crippen molar-refractivity contribution in [2.45, 2.75) is 20.4 Å². The molecule has 0 saturated carbocycles. The molecule has 80 valence electrons. The largest absolute Gasteiger partial charge is 0.265 e. The fourth-order valence-corrected chi connectivity index (χ4v) is 1.67. The molecule has 0 amide bonds. The normalized spacial score (nSPS) is 10.1. The Kier molecular flexibility index (Phi) is 2.74. The number of hydrogen-bond acceptors (Lipinski definition) is 2. The first-order chi connectivity index (χ1) is 7.70. The summed E-state index contributed by atoms with van der Waals surface area (Å²) < 4.78 is 1.95. The molecule has 3 nitrogen and oxygen atoms in total. The summed E-state index contributed by atoms with van der Waals surface area (Å²) in [5, 5.41) is 13.0. The summed E-state index contributed by atoms with van der Waals surface area (Å²) in [7, 11) is 0. The van der Waals surface area contributed by atoms with Crippen molar-refractivity contribution >= 4 is 0 Å². The van der Waals surface area contributed by atoms with Crippen LogP contribution in [0.4, 0.5) is 0 Å². The molecule has 0 unspecified atom stereocenters. The Bertz CT molecular complexity index is 547. The van der Waals surface area contributed by atoms with Crippen LogP contribution in [0.3, 0.4) is 0 Å². The molecular weight excluding hydrogens is 198 g/mol. The lowest BCUT2D eigenvalue weighted by Gasteiger charge is -2.08. The molecule has 2 aromatic rings. The van der Waals surface area contributed by atoms with Crippen LogP contribution in [0.1, 0.15) is 22.4 Å². The van der Waals surface area contributed by atoms with Gasteiger partial charge in [0.25, 0.3) is 0 Å². The van der Waals surface area contributed by atoms with Crippen molar-refractivity contribution in [1.82, 2.24) is 9.78 Å². The quantitative estimate of drug-likeness (QED) is 0.765. The van der Waals surface area contributed by atoms with Crippen LogP contribution < -0.4 is 0 Å². The monoisotopic (exact) mass is 211 g/mol. The Labute approximate surface area is 94.9 Å². The molecule has 0 bridgehead atoms. The highest BCUT2D eigenvalue weighted by Gasteiger charge is 2.03. The van der Waals surface area contributed by atoms with E-state index >= 15 is 0 Å². The van der Waals surface area contributed by atoms with Crippen LogP contribution in [0.5, 0.6) is 0 Å². The third kappa shape index (κ3) is 1.96. The highest BCUT2D eigenvalue weighted by molar-refractivity contribution is 5.37. The van der Waals surface area contributed by atoms with Crippen LogP contribution in [-0.2, 0) is 6.54 Å². The van der Waals surface area contributed by atoms with Crippen molar-refractivity contribution < 1.29 is 0 Å². The third-order valence-corrected chi connectivity index (χ3v) is 2.72. The Morgan fingerprint density at radius 2 is 2.12 bits per heavy atom. The molecule has 16 heavy (non-hydrogen) atoms. The number of aryl methyl sites for hydroxylation is 2. The molecule has 0 aliphatic heterocycles. The number of aromatic nitrogens is 2. The van der Waals surface area contributed by atoms with Crippen molar-refractivity contribution in [2.75, 3.05) is 0 Å². The lowest BCUT2D eigenvalue weighted by atomic mass is 10.1. The fourth-order valence-electron chi connectivity index (χ4n) is 1.67. The van der Waals surface area contributed by atoms with Gasteiger partial charge in [0.15, 0.2) is 0 Å². The van der Waals surface area contributed by atoms with Crippen LogP contribution in [-0.4, -0.2) is 9.78 Å². The maximum atomic E-state index is 8.79. The minimum atomic E-state index is 0.707. The van der Waals surface area contributed by atoms with Crippen molar-refractivity contribution in [3.8, 4) is 6.07 Å². The first-order valence-electron chi connectivity index (χ1n) is 5.19. The lowest BCUT2D eigenvalue weighted by Crippen LogP contribution is -2.05. The molecule has 0 spiro atoms. The van der Waals surface area contributed by atoms with Crippen molar-refractivity contribution in [3.63, 3.8) is 0 Å². The minimum Gasteiger partial charge on any atom is -0.265 e. The molecule has 3 heteroatoms. The zero-order valence-corrected chi connectivity index (χ0v) is 9.44. The van der Waals surface area contributed by atoms with Gasteiger partial charge in [0, 0.05) is 11.9 Å². The van der Waals surface area contributed by atoms with Crippen molar-refractivity contribution in [2.24, 2.45) is 0 Å². The molecule has 0 saturated heterocycles. The number of hydrogen-bond donors (Lipinski definition) is 0. The van der Waals surface area contributed by atoms with E-state index in [9.17, 15) is 0 Å². The van der Waals surface area contributed by atoms with Crippen LogP contribution in [0.25, 0.3) is 0 Å². The number of benzene rings is 1. The maximum absolute atomic E-state index is 8.79. The topological polar surface area (TPSA) is 41.6 Å². The number of rotatable bonds is 2. The van der Waals surface area contributed by atoms with E-state index in [-0.39, 0.29) is 0 Å². The molecule has 0 radical (unpaired) electrons. The Hall–Kier alpha value is -2.08. The van der Waals surface area contributed by atoms with Gasteiger partial charge in [0.1, 0.15) is 0 Å². The van der Waals surface area contributed by atoms with Crippen LogP contribution in [0, 0.1) is 25.2 Å². The molecule has 0 aliphatic carbocycles. The van der Waals surface area contributed by atoms with Crippen molar-refractivity contribution in [1.29, 1.82) is 5.26 Å². The van der Waals surface area contributed by atoms with E-state index in [2.05, 4.69) is 11.2 Å². The Morgan fingerprint density at radius 3 is 2.69 bits per heavy atom. The van der Waals surface area contributed by atoms with Gasteiger partial charge in [0.05, 0.1) is 18.2 Å². The second-order valence-corrected chi connectivity index (χ2v) is 3.88. The van der Waals surface area contributed by atoms with Crippen LogP contribution in [0.15, 0.2) is 30.5 Å². The SMILES string of the molecule is Cc1cc(C#N)ccc1Cn1nccc1C. The molecule has 1 aromatic heterocycles. The van der Waals surface area contributed by atoms with Gasteiger partial charge >= 0.3 is 0 Å². The average Bonchev–Trinajstić information content (AvgIpc) is 2.67. The van der Waals surface area contributed by atoms with Gasteiger partial charge in [-0.1, -0.05) is 6.07 Å². The number of nitrogens with zero attached hydrogens (tertiary/aromatic N) is 3. The summed E-state index contributed by atoms with van der Waals surface area (Å²) in [4.78, 5) is 0. The lowest BCUT2D eigenvalue weighted by molar-refractivity contribution is 0.662. The second kappa shape index (κ2) is 4.19. The van der Waals surface area contributed by atoms with Gasteiger partial charge in [-0.2, -0.15) is 10.4 Å². The molecule has 0 N–H and O–H groups in total. The van der Waals surface area contributed by atoms with E-state index in [1.54, 1.807) is 6.20 Å². The van der Waals surface area contributed by atoms with Gasteiger partial charge in [0.2, 0.25) is 0 Å². The van der Waals surface area contributed by atoms with Gasteiger partial charge in [-0.05, 0) is 43.2 Å². The van der Waals surface area contributed by atoms with E-state index in [1.807, 2.05) is 42.8 Å². The predicted molar refractivity (Wildman–Crippen MR) is 62.0 cm³/mol.